The van der Waals surface area contributed by atoms with E-state index in [0.29, 0.717) is 39.1 Å². The lowest BCUT2D eigenvalue weighted by atomic mass is 9.81. The topological polar surface area (TPSA) is 246 Å². The van der Waals surface area contributed by atoms with E-state index in [0.717, 1.165) is 0 Å². The minimum Gasteiger partial charge on any atom is -0.344 e. The Hall–Kier alpha value is -4.60. The van der Waals surface area contributed by atoms with Crippen LogP contribution < -0.4 is 9.47 Å². The van der Waals surface area contributed by atoms with Crippen molar-refractivity contribution in [2.75, 3.05) is 23.0 Å². The molecule has 55 heavy (non-hydrogen) atoms. The third-order valence-electron chi connectivity index (χ3n) is 9.54. The van der Waals surface area contributed by atoms with Crippen molar-refractivity contribution in [2.45, 2.75) is 75.6 Å². The van der Waals surface area contributed by atoms with Crippen LogP contribution in [0.4, 0.5) is 11.5 Å². The Bertz CT molecular complexity index is 2400. The molecule has 0 atom stereocenters. The smallest absolute Gasteiger partial charge is 0.344 e. The molecule has 0 spiro atoms. The lowest BCUT2D eigenvalue weighted by Gasteiger charge is -2.27. The summed E-state index contributed by atoms with van der Waals surface area (Å²) in [5.74, 6) is -2.93. The highest BCUT2D eigenvalue weighted by Crippen LogP contribution is 2.48. The molecule has 0 aliphatic carbocycles. The summed E-state index contributed by atoms with van der Waals surface area (Å²) in [6, 6.07) is 5.68. The number of imide groups is 1. The molecule has 1 fully saturated rings. The second-order valence-corrected chi connectivity index (χ2v) is 18.8. The van der Waals surface area contributed by atoms with Gasteiger partial charge in [-0.25, -0.2) is 9.36 Å². The number of rotatable bonds is 14. The largest absolute Gasteiger partial charge is 0.367 e. The van der Waals surface area contributed by atoms with Crippen molar-refractivity contribution in [1.82, 2.24) is 5.06 Å². The summed E-state index contributed by atoms with van der Waals surface area (Å²) >= 11 is 0. The van der Waals surface area contributed by atoms with Gasteiger partial charge < -0.3 is 9.74 Å². The summed E-state index contributed by atoms with van der Waals surface area (Å²) in [5.41, 5.74) is 1.35. The summed E-state index contributed by atoms with van der Waals surface area (Å²) in [6.07, 6.45) is 9.87. The molecule has 1 saturated heterocycles. The molecule has 1 aromatic carbocycles. The van der Waals surface area contributed by atoms with Crippen LogP contribution in [0, 0.1) is 0 Å². The maximum Gasteiger partial charge on any atom is 0.367 e. The molecule has 2 aromatic rings. The Morgan fingerprint density at radius 1 is 0.873 bits per heavy atom. The zero-order valence-corrected chi connectivity index (χ0v) is 32.8. The third-order valence-corrected chi connectivity index (χ3v) is 12.0. The van der Waals surface area contributed by atoms with Gasteiger partial charge in [0.1, 0.15) is 11.8 Å². The Labute approximate surface area is 318 Å². The number of amides is 2. The average molecular weight is 822 g/mol. The van der Waals surface area contributed by atoms with E-state index in [4.69, 9.17) is 9.83 Å². The third kappa shape index (κ3) is 9.27. The van der Waals surface area contributed by atoms with Crippen molar-refractivity contribution in [3.63, 3.8) is 0 Å². The van der Waals surface area contributed by atoms with E-state index in [9.17, 15) is 53.3 Å². The standard InChI is InChI=1S/C35H40N4O13S3/c1-34(2)26-20-23(33(42)52-39-30(40)14-15-31(39)41)22-37(16-8-18-53(43,44)45)32(26)36-28(34)10-6-5-7-11-29-35(3,4)25-21-24(55(49,50)51)12-13-27(25)38(29)17-9-19-54(46,47)48/h5-7,10-13,20-22H,8-9,14-19H2,1-4H3,(H2-,43,44,45,46,47,48,49,50,51)/p+1. The lowest BCUT2D eigenvalue weighted by molar-refractivity contribution is -0.684. The number of fused-ring (bicyclic) bond motifs is 2. The zero-order valence-electron chi connectivity index (χ0n) is 30.4. The Balaban J connectivity index is 1.43. The van der Waals surface area contributed by atoms with Gasteiger partial charge in [0.2, 0.25) is 0 Å². The normalized spacial score (nSPS) is 18.8. The number of hydrogen-bond donors (Lipinski definition) is 3. The molecule has 0 radical (unpaired) electrons. The fraction of sp³-hybridized carbons (Fsp3) is 0.400. The van der Waals surface area contributed by atoms with Crippen LogP contribution in [0.25, 0.3) is 0 Å². The summed E-state index contributed by atoms with van der Waals surface area (Å²) in [7, 11) is -13.0. The number of carbonyl (C=O) groups excluding carboxylic acids is 3. The number of aromatic nitrogens is 1. The second kappa shape index (κ2) is 15.1. The fourth-order valence-electron chi connectivity index (χ4n) is 6.67. The number of benzene rings is 1. The number of hydroxylamine groups is 2. The molecule has 5 rings (SSSR count). The predicted octanol–water partition coefficient (Wildman–Crippen LogP) is 3.16. The minimum atomic E-state index is -4.51. The second-order valence-electron chi connectivity index (χ2n) is 14.2. The van der Waals surface area contributed by atoms with Crippen molar-refractivity contribution in [3.05, 3.63) is 83.2 Å². The number of nitrogens with zero attached hydrogens (tertiary/aromatic N) is 4. The summed E-state index contributed by atoms with van der Waals surface area (Å²) in [5, 5.41) is 0.427. The molecule has 3 N–H and O–H groups in total. The molecule has 0 bridgehead atoms. The first kappa shape index (κ1) is 41.6. The predicted molar refractivity (Wildman–Crippen MR) is 198 cm³/mol. The van der Waals surface area contributed by atoms with Crippen molar-refractivity contribution in [3.8, 4) is 0 Å². The van der Waals surface area contributed by atoms with Crippen LogP contribution in [0.15, 0.2) is 76.4 Å². The van der Waals surface area contributed by atoms with E-state index in [1.165, 1.54) is 35.0 Å². The highest BCUT2D eigenvalue weighted by molar-refractivity contribution is 7.86. The van der Waals surface area contributed by atoms with Crippen LogP contribution in [0.3, 0.4) is 0 Å². The van der Waals surface area contributed by atoms with Crippen LogP contribution in [0.1, 0.15) is 74.9 Å². The average Bonchev–Trinajstić information content (AvgIpc) is 3.60. The number of pyridine rings is 1. The molecule has 2 amide bonds. The Morgan fingerprint density at radius 3 is 2.13 bits per heavy atom. The van der Waals surface area contributed by atoms with Gasteiger partial charge in [-0.15, -0.1) is 5.06 Å². The highest BCUT2D eigenvalue weighted by Gasteiger charge is 2.44. The van der Waals surface area contributed by atoms with Crippen LogP contribution in [0.2, 0.25) is 0 Å². The monoisotopic (exact) mass is 821 g/mol. The molecule has 296 valence electrons. The van der Waals surface area contributed by atoms with Crippen molar-refractivity contribution in [2.24, 2.45) is 4.99 Å². The molecule has 1 aromatic heterocycles. The summed E-state index contributed by atoms with van der Waals surface area (Å²) < 4.78 is 99.4. The van der Waals surface area contributed by atoms with E-state index < -0.39 is 70.5 Å². The molecule has 20 heteroatoms. The number of allylic oxidation sites excluding steroid dienone is 6. The van der Waals surface area contributed by atoms with Gasteiger partial charge in [-0.05, 0) is 67.2 Å². The maximum atomic E-state index is 13.2. The van der Waals surface area contributed by atoms with Gasteiger partial charge in [0, 0.05) is 42.6 Å². The summed E-state index contributed by atoms with van der Waals surface area (Å²) in [6.45, 7) is 7.59. The maximum absolute atomic E-state index is 13.2. The summed E-state index contributed by atoms with van der Waals surface area (Å²) in [4.78, 5) is 48.7. The number of carbonyl (C=O) groups is 3. The lowest BCUT2D eigenvalue weighted by Crippen LogP contribution is -2.38. The van der Waals surface area contributed by atoms with Gasteiger partial charge in [-0.3, -0.25) is 23.2 Å². The van der Waals surface area contributed by atoms with E-state index in [-0.39, 0.29) is 49.2 Å². The molecule has 17 nitrogen and oxygen atoms in total. The van der Waals surface area contributed by atoms with E-state index in [1.54, 1.807) is 30.4 Å². The molecular formula is C35H41N4O13S3+. The van der Waals surface area contributed by atoms with Gasteiger partial charge in [0.05, 0.1) is 33.9 Å². The molecule has 0 unspecified atom stereocenters. The van der Waals surface area contributed by atoms with E-state index >= 15 is 0 Å². The van der Waals surface area contributed by atoms with Gasteiger partial charge >= 0.3 is 11.8 Å². The van der Waals surface area contributed by atoms with Crippen LogP contribution in [0.5, 0.6) is 0 Å². The number of aryl methyl sites for hydroxylation is 1. The SMILES string of the molecule is CC1(C)C(/C=C/C=C/C=C2/N(CCCS(=O)(=O)O)c3ccc(S(=O)(=O)O)cc3C2(C)C)=Nc2c1cc(C(=O)ON1C(=O)CCC1=O)c[n+]2CCCS(=O)(=O)O. The Morgan fingerprint density at radius 2 is 1.51 bits per heavy atom. The molecule has 4 heterocycles. The van der Waals surface area contributed by atoms with E-state index in [2.05, 4.69) is 0 Å². The molecule has 0 saturated carbocycles. The molecular weight excluding hydrogens is 781 g/mol. The first-order valence-corrected chi connectivity index (χ1v) is 21.7. The first-order chi connectivity index (χ1) is 25.4. The zero-order chi connectivity index (χ0) is 40.7. The Kier molecular flexibility index (Phi) is 11.4. The van der Waals surface area contributed by atoms with Crippen molar-refractivity contribution in [1.29, 1.82) is 0 Å². The molecule has 3 aliphatic rings. The van der Waals surface area contributed by atoms with Gasteiger partial charge in [-0.1, -0.05) is 32.1 Å². The van der Waals surface area contributed by atoms with Crippen LogP contribution in [-0.4, -0.2) is 85.5 Å². The van der Waals surface area contributed by atoms with Crippen molar-refractivity contribution < 1.29 is 62.7 Å². The first-order valence-electron chi connectivity index (χ1n) is 17.0. The fourth-order valence-corrected chi connectivity index (χ4v) is 8.17. The van der Waals surface area contributed by atoms with E-state index in [1.807, 2.05) is 32.6 Å². The van der Waals surface area contributed by atoms with Gasteiger partial charge in [0.25, 0.3) is 42.2 Å². The van der Waals surface area contributed by atoms with Gasteiger partial charge in [0.15, 0.2) is 5.71 Å². The van der Waals surface area contributed by atoms with Gasteiger partial charge in [-0.2, -0.15) is 25.3 Å². The highest BCUT2D eigenvalue weighted by atomic mass is 32.2. The van der Waals surface area contributed by atoms with Crippen molar-refractivity contribution >= 4 is 65.4 Å². The number of anilines is 1. The van der Waals surface area contributed by atoms with Crippen LogP contribution >= 0.6 is 0 Å². The number of hydrogen-bond acceptors (Lipinski definition) is 12. The molecule has 3 aliphatic heterocycles. The minimum absolute atomic E-state index is 0.0249. The van der Waals surface area contributed by atoms with Crippen LogP contribution in [-0.2, 0) is 62.2 Å². The quantitative estimate of drug-likeness (QED) is 0.107. The number of aliphatic imine (C=N–C) groups is 1.